The summed E-state index contributed by atoms with van der Waals surface area (Å²) in [4.78, 5) is 12.7. The Balaban J connectivity index is 1.46. The van der Waals surface area contributed by atoms with Crippen molar-refractivity contribution in [2.45, 2.75) is 36.6 Å². The fraction of sp³-hybridized carbons (Fsp3) is 0.381. The van der Waals surface area contributed by atoms with Crippen LogP contribution < -0.4 is 9.62 Å². The van der Waals surface area contributed by atoms with Crippen LogP contribution in [0.2, 0.25) is 5.02 Å². The van der Waals surface area contributed by atoms with Crippen molar-refractivity contribution in [1.82, 2.24) is 5.32 Å². The van der Waals surface area contributed by atoms with Gasteiger partial charge in [0.05, 0.1) is 10.6 Å². The maximum atomic E-state index is 12.8. The molecule has 0 aliphatic heterocycles. The number of benzene rings is 2. The van der Waals surface area contributed by atoms with Gasteiger partial charge >= 0.3 is 0 Å². The Hall–Kier alpha value is -2.05. The number of anilines is 1. The van der Waals surface area contributed by atoms with Gasteiger partial charge in [-0.05, 0) is 79.6 Å². The van der Waals surface area contributed by atoms with Crippen molar-refractivity contribution < 1.29 is 13.2 Å². The number of hydrogen-bond acceptors (Lipinski definition) is 3. The number of fused-ring (bicyclic) bond motifs is 2. The molecule has 2 saturated carbocycles. The maximum Gasteiger partial charge on any atom is 0.264 e. The molecule has 0 radical (unpaired) electrons. The van der Waals surface area contributed by atoms with Crippen molar-refractivity contribution in [3.63, 3.8) is 0 Å². The van der Waals surface area contributed by atoms with E-state index in [2.05, 4.69) is 5.32 Å². The summed E-state index contributed by atoms with van der Waals surface area (Å²) in [6, 6.07) is 13.0. The summed E-state index contributed by atoms with van der Waals surface area (Å²) in [5.41, 5.74) is 1.04. The van der Waals surface area contributed by atoms with E-state index in [-0.39, 0.29) is 16.8 Å². The van der Waals surface area contributed by atoms with Gasteiger partial charge < -0.3 is 5.32 Å². The molecule has 148 valence electrons. The van der Waals surface area contributed by atoms with Gasteiger partial charge in [0.1, 0.15) is 0 Å². The van der Waals surface area contributed by atoms with Gasteiger partial charge in [-0.2, -0.15) is 0 Å². The molecule has 2 bridgehead atoms. The average Bonchev–Trinajstić information content (AvgIpc) is 3.31. The molecule has 2 aliphatic rings. The molecule has 4 rings (SSSR count). The van der Waals surface area contributed by atoms with E-state index in [1.807, 2.05) is 0 Å². The fourth-order valence-corrected chi connectivity index (χ4v) is 5.72. The number of nitrogens with one attached hydrogen (secondary N) is 1. The minimum absolute atomic E-state index is 0.0905. The van der Waals surface area contributed by atoms with Gasteiger partial charge in [0.15, 0.2) is 0 Å². The first kappa shape index (κ1) is 19.3. The number of amides is 1. The second kappa shape index (κ2) is 7.41. The van der Waals surface area contributed by atoms with Crippen LogP contribution in [0.3, 0.4) is 0 Å². The largest absolute Gasteiger partial charge is 0.349 e. The van der Waals surface area contributed by atoms with E-state index in [4.69, 9.17) is 11.6 Å². The van der Waals surface area contributed by atoms with E-state index in [0.717, 1.165) is 12.3 Å². The molecule has 0 heterocycles. The lowest BCUT2D eigenvalue weighted by Crippen LogP contribution is -2.38. The van der Waals surface area contributed by atoms with E-state index < -0.39 is 10.0 Å². The Bertz CT molecular complexity index is 974. The van der Waals surface area contributed by atoms with E-state index in [1.54, 1.807) is 36.4 Å². The van der Waals surface area contributed by atoms with Gasteiger partial charge in [0, 0.05) is 23.7 Å². The summed E-state index contributed by atoms with van der Waals surface area (Å²) < 4.78 is 26.7. The summed E-state index contributed by atoms with van der Waals surface area (Å²) in [5, 5.41) is 3.63. The minimum Gasteiger partial charge on any atom is -0.349 e. The molecular weight excluding hydrogens is 396 g/mol. The Morgan fingerprint density at radius 2 is 1.71 bits per heavy atom. The summed E-state index contributed by atoms with van der Waals surface area (Å²) in [6.45, 7) is 0. The van der Waals surface area contributed by atoms with Crippen LogP contribution in [0.1, 0.15) is 36.0 Å². The molecule has 1 N–H and O–H groups in total. The number of nitrogens with zero attached hydrogens (tertiary/aromatic N) is 1. The summed E-state index contributed by atoms with van der Waals surface area (Å²) in [5.74, 6) is 1.29. The second-order valence-electron chi connectivity index (χ2n) is 7.73. The molecular formula is C21H23ClN2O3S. The van der Waals surface area contributed by atoms with Crippen molar-refractivity contribution in [3.05, 3.63) is 59.1 Å². The van der Waals surface area contributed by atoms with E-state index in [0.29, 0.717) is 22.2 Å². The highest BCUT2D eigenvalue weighted by molar-refractivity contribution is 7.92. The molecule has 0 unspecified atom stereocenters. The van der Waals surface area contributed by atoms with Crippen molar-refractivity contribution in [2.75, 3.05) is 11.4 Å². The summed E-state index contributed by atoms with van der Waals surface area (Å²) in [6.07, 6.45) is 4.82. The first-order valence-corrected chi connectivity index (χ1v) is 11.3. The van der Waals surface area contributed by atoms with Crippen LogP contribution >= 0.6 is 11.6 Å². The quantitative estimate of drug-likeness (QED) is 0.795. The predicted octanol–water partition coefficient (Wildman–Crippen LogP) is 4.08. The highest BCUT2D eigenvalue weighted by Gasteiger charge is 2.40. The lowest BCUT2D eigenvalue weighted by Gasteiger charge is -2.23. The first-order valence-electron chi connectivity index (χ1n) is 9.50. The molecule has 7 heteroatoms. The molecule has 5 nitrogen and oxygen atoms in total. The topological polar surface area (TPSA) is 66.5 Å². The molecule has 0 aromatic heterocycles. The number of hydrogen-bond donors (Lipinski definition) is 1. The standard InChI is InChI=1S/C21H23ClN2O3S/c1-24(28(26,27)19-10-6-17(22)7-11-19)18-8-4-15(5-9-18)21(25)23-20-13-14-2-3-16(20)12-14/h4-11,14,16,20H,2-3,12-13H2,1H3,(H,23,25)/t14-,16-,20-/m1/s1. The number of halogens is 1. The zero-order valence-electron chi connectivity index (χ0n) is 15.6. The third kappa shape index (κ3) is 3.63. The fourth-order valence-electron chi connectivity index (χ4n) is 4.40. The Morgan fingerprint density at radius 1 is 1.04 bits per heavy atom. The van der Waals surface area contributed by atoms with Gasteiger partial charge in [0.2, 0.25) is 0 Å². The molecule has 2 aromatic rings. The van der Waals surface area contributed by atoms with Crippen molar-refractivity contribution in [3.8, 4) is 0 Å². The van der Waals surface area contributed by atoms with Crippen LogP contribution in [-0.4, -0.2) is 27.4 Å². The van der Waals surface area contributed by atoms with E-state index in [1.165, 1.54) is 42.7 Å². The number of rotatable bonds is 5. The lowest BCUT2D eigenvalue weighted by molar-refractivity contribution is 0.0923. The normalized spacial score (nSPS) is 23.6. The van der Waals surface area contributed by atoms with Crippen molar-refractivity contribution >= 4 is 33.2 Å². The van der Waals surface area contributed by atoms with Crippen LogP contribution in [0.5, 0.6) is 0 Å². The molecule has 0 saturated heterocycles. The van der Waals surface area contributed by atoms with Crippen LogP contribution in [0, 0.1) is 11.8 Å². The van der Waals surface area contributed by atoms with Crippen LogP contribution in [0.25, 0.3) is 0 Å². The van der Waals surface area contributed by atoms with Gasteiger partial charge in [-0.3, -0.25) is 9.10 Å². The molecule has 2 aliphatic carbocycles. The second-order valence-corrected chi connectivity index (χ2v) is 10.1. The summed E-state index contributed by atoms with van der Waals surface area (Å²) >= 11 is 5.84. The Morgan fingerprint density at radius 3 is 2.29 bits per heavy atom. The molecule has 2 aromatic carbocycles. The highest BCUT2D eigenvalue weighted by atomic mass is 35.5. The van der Waals surface area contributed by atoms with Gasteiger partial charge in [0.25, 0.3) is 15.9 Å². The maximum absolute atomic E-state index is 12.8. The lowest BCUT2D eigenvalue weighted by atomic mass is 9.95. The SMILES string of the molecule is CN(c1ccc(C(=O)N[C@@H]2C[C@@H]3CC[C@@H]2C3)cc1)S(=O)(=O)c1ccc(Cl)cc1. The third-order valence-electron chi connectivity index (χ3n) is 6.02. The number of carbonyl (C=O) groups excluding carboxylic acids is 1. The number of carbonyl (C=O) groups is 1. The molecule has 0 spiro atoms. The van der Waals surface area contributed by atoms with Crippen molar-refractivity contribution in [2.24, 2.45) is 11.8 Å². The molecule has 2 fully saturated rings. The molecule has 28 heavy (non-hydrogen) atoms. The van der Waals surface area contributed by atoms with E-state index >= 15 is 0 Å². The third-order valence-corrected chi connectivity index (χ3v) is 8.07. The zero-order chi connectivity index (χ0) is 19.9. The van der Waals surface area contributed by atoms with Crippen LogP contribution in [0.4, 0.5) is 5.69 Å². The Kier molecular flexibility index (Phi) is 5.10. The first-order chi connectivity index (χ1) is 13.3. The highest BCUT2D eigenvalue weighted by Crippen LogP contribution is 2.44. The smallest absolute Gasteiger partial charge is 0.264 e. The monoisotopic (exact) mass is 418 g/mol. The van der Waals surface area contributed by atoms with E-state index in [9.17, 15) is 13.2 Å². The van der Waals surface area contributed by atoms with Gasteiger partial charge in [-0.1, -0.05) is 18.0 Å². The molecule has 3 atom stereocenters. The minimum atomic E-state index is -3.69. The van der Waals surface area contributed by atoms with Crippen molar-refractivity contribution in [1.29, 1.82) is 0 Å². The zero-order valence-corrected chi connectivity index (χ0v) is 17.2. The van der Waals surface area contributed by atoms with Crippen LogP contribution in [-0.2, 0) is 10.0 Å². The van der Waals surface area contributed by atoms with Gasteiger partial charge in [-0.15, -0.1) is 0 Å². The average molecular weight is 419 g/mol. The van der Waals surface area contributed by atoms with Gasteiger partial charge in [-0.25, -0.2) is 8.42 Å². The van der Waals surface area contributed by atoms with Crippen LogP contribution in [0.15, 0.2) is 53.4 Å². The molecule has 1 amide bonds. The number of sulfonamides is 1. The Labute approximate surface area is 170 Å². The summed E-state index contributed by atoms with van der Waals surface area (Å²) in [7, 11) is -2.20. The predicted molar refractivity (Wildman–Crippen MR) is 110 cm³/mol.